The molecule has 0 fully saturated rings. The second kappa shape index (κ2) is 5.52. The Morgan fingerprint density at radius 2 is 2.00 bits per heavy atom. The van der Waals surface area contributed by atoms with Gasteiger partial charge in [-0.1, -0.05) is 31.5 Å². The number of unbranched alkanes of at least 4 members (excludes halogenated alkanes) is 1. The minimum atomic E-state index is -0.362. The van der Waals surface area contributed by atoms with Crippen LogP contribution in [-0.2, 0) is 4.79 Å². The van der Waals surface area contributed by atoms with Gasteiger partial charge in [0.25, 0.3) is 0 Å². The molecule has 1 amide bonds. The second-order valence-corrected chi connectivity index (χ2v) is 3.22. The molecule has 1 N–H and O–H groups in total. The number of carbonyl (C=O) groups excluding carboxylic acids is 1. The van der Waals surface area contributed by atoms with Crippen molar-refractivity contribution in [2.75, 3.05) is 0 Å². The molecule has 1 rings (SSSR count). The lowest BCUT2D eigenvalue weighted by molar-refractivity contribution is -0.689. The molecule has 1 atom stereocenters. The van der Waals surface area contributed by atoms with Crippen molar-refractivity contribution in [2.45, 2.75) is 26.2 Å². The molecule has 3 heteroatoms. The van der Waals surface area contributed by atoms with E-state index in [1.165, 1.54) is 0 Å². The van der Waals surface area contributed by atoms with Gasteiger partial charge in [0.05, 0.1) is 6.42 Å². The molecule has 0 spiro atoms. The first-order chi connectivity index (χ1) is 6.75. The molecule has 0 bridgehead atoms. The highest BCUT2D eigenvalue weighted by molar-refractivity contribution is 5.69. The molecule has 0 aliphatic heterocycles. The van der Waals surface area contributed by atoms with Crippen molar-refractivity contribution in [1.29, 1.82) is 0 Å². The van der Waals surface area contributed by atoms with E-state index in [2.05, 4.69) is 0 Å². The Labute approximate surface area is 83.9 Å². The summed E-state index contributed by atoms with van der Waals surface area (Å²) in [5.41, 5.74) is 0.494. The highest BCUT2D eigenvalue weighted by atomic mass is 16.5. The van der Waals surface area contributed by atoms with Crippen LogP contribution in [0.25, 0.3) is 0 Å². The third-order valence-electron chi connectivity index (χ3n) is 2.05. The summed E-state index contributed by atoms with van der Waals surface area (Å²) >= 11 is 0. The number of hydrogen-bond acceptors (Lipinski definition) is 2. The van der Waals surface area contributed by atoms with Gasteiger partial charge in [-0.05, 0) is 18.6 Å². The van der Waals surface area contributed by atoms with Crippen molar-refractivity contribution in [3.8, 4) is 0 Å². The summed E-state index contributed by atoms with van der Waals surface area (Å²) in [4.78, 5) is 11.4. The first kappa shape index (κ1) is 10.9. The van der Waals surface area contributed by atoms with Crippen molar-refractivity contribution in [3.05, 3.63) is 35.5 Å². The summed E-state index contributed by atoms with van der Waals surface area (Å²) in [5, 5.41) is 11.1. The Kier molecular flexibility index (Phi) is 4.29. The monoisotopic (exact) mass is 193 g/mol. The average Bonchev–Trinajstić information content (AvgIpc) is 2.26. The molecule has 0 saturated carbocycles. The van der Waals surface area contributed by atoms with Crippen molar-refractivity contribution in [1.82, 2.24) is 0 Å². The molecule has 0 aliphatic carbocycles. The van der Waals surface area contributed by atoms with Gasteiger partial charge in [-0.2, -0.15) is 0 Å². The van der Waals surface area contributed by atoms with Gasteiger partial charge in [0, 0.05) is 0 Å². The number of amides is 1. The number of rotatable bonds is 4. The lowest BCUT2D eigenvalue weighted by Crippen LogP contribution is -3.05. The van der Waals surface area contributed by atoms with Crippen LogP contribution in [-0.4, -0.2) is 5.91 Å². The molecule has 1 aromatic rings. The molecule has 1 aromatic carbocycles. The van der Waals surface area contributed by atoms with Gasteiger partial charge in [-0.3, -0.25) is 5.06 Å². The van der Waals surface area contributed by atoms with E-state index in [0.29, 0.717) is 12.1 Å². The lowest BCUT2D eigenvalue weighted by atomic mass is 10.2. The molecule has 0 radical (unpaired) electrons. The largest absolute Gasteiger partial charge is 0.621 e. The van der Waals surface area contributed by atoms with Crippen LogP contribution in [0.15, 0.2) is 30.3 Å². The second-order valence-electron chi connectivity index (χ2n) is 3.22. The first-order valence-corrected chi connectivity index (χ1v) is 4.88. The van der Waals surface area contributed by atoms with Crippen molar-refractivity contribution < 1.29 is 9.86 Å². The zero-order valence-electron chi connectivity index (χ0n) is 8.32. The molecular weight excluding hydrogens is 178 g/mol. The Balaban J connectivity index is 2.57. The SMILES string of the molecule is CCCCC(=O)[NH+]([O-])c1ccccc1. The normalized spacial score (nSPS) is 12.4. The molecule has 14 heavy (non-hydrogen) atoms. The fraction of sp³-hybridized carbons (Fsp3) is 0.364. The maximum atomic E-state index is 11.5. The van der Waals surface area contributed by atoms with Crippen LogP contribution < -0.4 is 5.06 Å². The molecule has 0 saturated heterocycles. The predicted octanol–water partition coefficient (Wildman–Crippen LogP) is 1.42. The zero-order valence-corrected chi connectivity index (χ0v) is 8.32. The maximum Gasteiger partial charge on any atom is 0.317 e. The van der Waals surface area contributed by atoms with E-state index < -0.39 is 0 Å². The van der Waals surface area contributed by atoms with Gasteiger partial charge in [0.2, 0.25) is 0 Å². The van der Waals surface area contributed by atoms with Crippen molar-refractivity contribution in [3.63, 3.8) is 0 Å². The van der Waals surface area contributed by atoms with E-state index in [1.54, 1.807) is 24.3 Å². The minimum absolute atomic E-state index is 0.280. The number of carbonyl (C=O) groups is 1. The summed E-state index contributed by atoms with van der Waals surface area (Å²) in [6, 6.07) is 8.70. The topological polar surface area (TPSA) is 44.6 Å². The van der Waals surface area contributed by atoms with E-state index in [1.807, 2.05) is 13.0 Å². The third-order valence-corrected chi connectivity index (χ3v) is 2.05. The molecule has 3 nitrogen and oxygen atoms in total. The van der Waals surface area contributed by atoms with Gasteiger partial charge in [-0.15, -0.1) is 0 Å². The summed E-state index contributed by atoms with van der Waals surface area (Å²) in [7, 11) is 0. The lowest BCUT2D eigenvalue weighted by Gasteiger charge is -2.18. The summed E-state index contributed by atoms with van der Waals surface area (Å²) in [6.07, 6.45) is 2.09. The number of nitrogens with one attached hydrogen (secondary N) is 1. The van der Waals surface area contributed by atoms with Gasteiger partial charge in [0.15, 0.2) is 0 Å². The summed E-state index contributed by atoms with van der Waals surface area (Å²) in [6.45, 7) is 2.00. The van der Waals surface area contributed by atoms with Gasteiger partial charge < -0.3 is 5.21 Å². The Morgan fingerprint density at radius 1 is 1.36 bits per heavy atom. The van der Waals surface area contributed by atoms with Gasteiger partial charge in [0.1, 0.15) is 5.69 Å². The Hall–Kier alpha value is -1.19. The van der Waals surface area contributed by atoms with E-state index in [-0.39, 0.29) is 11.0 Å². The summed E-state index contributed by atoms with van der Waals surface area (Å²) < 4.78 is 0. The number of hydroxylamine groups is 1. The minimum Gasteiger partial charge on any atom is -0.621 e. The molecule has 0 aromatic heterocycles. The molecule has 76 valence electrons. The van der Waals surface area contributed by atoms with Crippen molar-refractivity contribution in [2.24, 2.45) is 0 Å². The highest BCUT2D eigenvalue weighted by Gasteiger charge is 2.11. The van der Waals surface area contributed by atoms with Crippen LogP contribution >= 0.6 is 0 Å². The molecule has 0 heterocycles. The Morgan fingerprint density at radius 3 is 2.57 bits per heavy atom. The van der Waals surface area contributed by atoms with Crippen LogP contribution in [0.1, 0.15) is 26.2 Å². The van der Waals surface area contributed by atoms with Crippen LogP contribution in [0.3, 0.4) is 0 Å². The van der Waals surface area contributed by atoms with E-state index in [9.17, 15) is 10.0 Å². The zero-order chi connectivity index (χ0) is 10.4. The van der Waals surface area contributed by atoms with E-state index >= 15 is 0 Å². The standard InChI is InChI=1S/C11H15NO2/c1-2-3-9-11(13)12(14)10-7-5-4-6-8-10/h4-8,12H,2-3,9H2,1H3. The van der Waals surface area contributed by atoms with Crippen LogP contribution in [0.5, 0.6) is 0 Å². The molecule has 1 unspecified atom stereocenters. The third kappa shape index (κ3) is 2.94. The Bertz CT molecular complexity index is 285. The highest BCUT2D eigenvalue weighted by Crippen LogP contribution is 1.99. The fourth-order valence-electron chi connectivity index (χ4n) is 1.20. The number of quaternary nitrogens is 1. The number of hydrogen-bond donors (Lipinski definition) is 1. The van der Waals surface area contributed by atoms with E-state index in [0.717, 1.165) is 12.8 Å². The van der Waals surface area contributed by atoms with Crippen LogP contribution in [0.4, 0.5) is 5.69 Å². The predicted molar refractivity (Wildman–Crippen MR) is 55.0 cm³/mol. The molecular formula is C11H15NO2. The number of para-hydroxylation sites is 1. The quantitative estimate of drug-likeness (QED) is 0.735. The van der Waals surface area contributed by atoms with Crippen LogP contribution in [0, 0.1) is 5.21 Å². The van der Waals surface area contributed by atoms with Crippen LogP contribution in [0.2, 0.25) is 0 Å². The van der Waals surface area contributed by atoms with Gasteiger partial charge in [-0.25, -0.2) is 4.79 Å². The first-order valence-electron chi connectivity index (χ1n) is 4.88. The maximum absolute atomic E-state index is 11.5. The van der Waals surface area contributed by atoms with E-state index in [4.69, 9.17) is 0 Å². The van der Waals surface area contributed by atoms with Gasteiger partial charge >= 0.3 is 5.91 Å². The fourth-order valence-corrected chi connectivity index (χ4v) is 1.20. The average molecular weight is 193 g/mol. The molecule has 0 aliphatic rings. The number of benzene rings is 1. The van der Waals surface area contributed by atoms with Crippen molar-refractivity contribution >= 4 is 11.6 Å². The summed E-state index contributed by atoms with van der Waals surface area (Å²) in [5.74, 6) is -0.280. The smallest absolute Gasteiger partial charge is 0.317 e.